The van der Waals surface area contributed by atoms with Crippen LogP contribution in [0.4, 0.5) is 0 Å². The van der Waals surface area contributed by atoms with E-state index in [1.54, 1.807) is 0 Å². The van der Waals surface area contributed by atoms with Gasteiger partial charge in [-0.05, 0) is 5.53 Å². The van der Waals surface area contributed by atoms with Crippen LogP contribution >= 0.6 is 0 Å². The molecule has 1 aliphatic heterocycles. The number of rotatable bonds is 12. The molecule has 0 bridgehead atoms. The number of carbonyl (C=O) groups is 1. The summed E-state index contributed by atoms with van der Waals surface area (Å²) < 4.78 is 26.1. The standard InChI is InChI=1S/C14H26N4O8/c1-9(19)25-8-10-12(20)13(21)11(15)14(26-10)24-7-6-23-5-4-22-3-2-17-18-16/h10-14,20-21H,2-8,15H2,1H3. The average Bonchev–Trinajstić information content (AvgIpc) is 2.62. The summed E-state index contributed by atoms with van der Waals surface area (Å²) in [6.45, 7) is 2.63. The fourth-order valence-electron chi connectivity index (χ4n) is 2.14. The number of esters is 1. The first-order valence-corrected chi connectivity index (χ1v) is 8.15. The van der Waals surface area contributed by atoms with Gasteiger partial charge in [0.15, 0.2) is 6.29 Å². The summed E-state index contributed by atoms with van der Waals surface area (Å²) in [7, 11) is 0. The maximum Gasteiger partial charge on any atom is 0.302 e. The maximum absolute atomic E-state index is 10.9. The van der Waals surface area contributed by atoms with Crippen LogP contribution in [0.2, 0.25) is 0 Å². The normalized spacial score (nSPS) is 28.4. The van der Waals surface area contributed by atoms with Crippen molar-refractivity contribution in [3.8, 4) is 0 Å². The Morgan fingerprint density at radius 3 is 2.50 bits per heavy atom. The summed E-state index contributed by atoms with van der Waals surface area (Å²) >= 11 is 0. The van der Waals surface area contributed by atoms with Gasteiger partial charge in [-0.1, -0.05) is 5.11 Å². The van der Waals surface area contributed by atoms with Gasteiger partial charge in [-0.2, -0.15) is 0 Å². The summed E-state index contributed by atoms with van der Waals surface area (Å²) in [5.74, 6) is -0.530. The molecule has 0 amide bonds. The Balaban J connectivity index is 2.21. The molecule has 5 atom stereocenters. The molecule has 12 heteroatoms. The van der Waals surface area contributed by atoms with Crippen molar-refractivity contribution in [3.63, 3.8) is 0 Å². The number of ether oxygens (including phenoxy) is 5. The second-order valence-electron chi connectivity index (χ2n) is 5.45. The van der Waals surface area contributed by atoms with E-state index in [4.69, 9.17) is 34.9 Å². The van der Waals surface area contributed by atoms with Gasteiger partial charge in [-0.15, -0.1) is 0 Å². The number of aliphatic hydroxyl groups is 2. The number of hydrogen-bond donors (Lipinski definition) is 3. The molecule has 0 spiro atoms. The molecule has 150 valence electrons. The Morgan fingerprint density at radius 2 is 1.85 bits per heavy atom. The third kappa shape index (κ3) is 8.25. The molecule has 0 radical (unpaired) electrons. The molecule has 0 saturated carbocycles. The van der Waals surface area contributed by atoms with Gasteiger partial charge in [0, 0.05) is 18.4 Å². The van der Waals surface area contributed by atoms with E-state index in [1.165, 1.54) is 6.92 Å². The molecule has 0 aromatic heterocycles. The van der Waals surface area contributed by atoms with E-state index in [0.29, 0.717) is 19.8 Å². The zero-order valence-corrected chi connectivity index (χ0v) is 14.6. The zero-order chi connectivity index (χ0) is 19.4. The van der Waals surface area contributed by atoms with E-state index >= 15 is 0 Å². The van der Waals surface area contributed by atoms with E-state index in [2.05, 4.69) is 10.0 Å². The smallest absolute Gasteiger partial charge is 0.302 e. The van der Waals surface area contributed by atoms with Crippen molar-refractivity contribution in [1.29, 1.82) is 0 Å². The van der Waals surface area contributed by atoms with Gasteiger partial charge in [0.1, 0.15) is 24.9 Å². The topological polar surface area (TPSA) is 178 Å². The van der Waals surface area contributed by atoms with Crippen LogP contribution in [0.1, 0.15) is 6.92 Å². The van der Waals surface area contributed by atoms with Crippen LogP contribution in [-0.4, -0.2) is 93.0 Å². The maximum atomic E-state index is 10.9. The largest absolute Gasteiger partial charge is 0.463 e. The SMILES string of the molecule is CC(=O)OCC1OC(OCCOCCOCCN=[N+]=[N-])C(N)C(O)C1O. The molecule has 1 fully saturated rings. The van der Waals surface area contributed by atoms with Gasteiger partial charge >= 0.3 is 5.97 Å². The van der Waals surface area contributed by atoms with Gasteiger partial charge in [-0.3, -0.25) is 4.79 Å². The number of aliphatic hydroxyl groups excluding tert-OH is 2. The molecule has 1 rings (SSSR count). The van der Waals surface area contributed by atoms with Crippen LogP contribution in [0, 0.1) is 0 Å². The van der Waals surface area contributed by atoms with Crippen molar-refractivity contribution in [1.82, 2.24) is 0 Å². The van der Waals surface area contributed by atoms with E-state index in [1.807, 2.05) is 0 Å². The number of carbonyl (C=O) groups excluding carboxylic acids is 1. The highest BCUT2D eigenvalue weighted by Crippen LogP contribution is 2.21. The van der Waals surface area contributed by atoms with Crippen LogP contribution in [0.25, 0.3) is 10.4 Å². The summed E-state index contributed by atoms with van der Waals surface area (Å²) in [5.41, 5.74) is 13.9. The highest BCUT2D eigenvalue weighted by molar-refractivity contribution is 5.65. The second kappa shape index (κ2) is 12.8. The summed E-state index contributed by atoms with van der Waals surface area (Å²) in [6.07, 6.45) is -4.48. The first kappa shape index (κ1) is 22.5. The minimum absolute atomic E-state index is 0.139. The first-order valence-electron chi connectivity index (χ1n) is 8.15. The van der Waals surface area contributed by atoms with Crippen molar-refractivity contribution < 1.29 is 38.7 Å². The molecule has 0 aromatic rings. The summed E-state index contributed by atoms with van der Waals surface area (Å²) in [4.78, 5) is 13.5. The number of nitrogens with zero attached hydrogens (tertiary/aromatic N) is 3. The van der Waals surface area contributed by atoms with E-state index < -0.39 is 36.6 Å². The van der Waals surface area contributed by atoms with E-state index in [0.717, 1.165) is 0 Å². The van der Waals surface area contributed by atoms with Gasteiger partial charge in [-0.25, -0.2) is 0 Å². The van der Waals surface area contributed by atoms with Crippen LogP contribution in [0.3, 0.4) is 0 Å². The Kier molecular flexibility index (Phi) is 11.1. The number of azide groups is 1. The van der Waals surface area contributed by atoms with Gasteiger partial charge in [0.25, 0.3) is 0 Å². The Bertz CT molecular complexity index is 462. The van der Waals surface area contributed by atoms with Crippen LogP contribution in [-0.2, 0) is 28.5 Å². The van der Waals surface area contributed by atoms with Gasteiger partial charge in [0.05, 0.1) is 39.1 Å². The minimum atomic E-state index is -1.29. The van der Waals surface area contributed by atoms with E-state index in [9.17, 15) is 15.0 Å². The molecular weight excluding hydrogens is 352 g/mol. The van der Waals surface area contributed by atoms with Crippen molar-refractivity contribution in [3.05, 3.63) is 10.4 Å². The van der Waals surface area contributed by atoms with Crippen molar-refractivity contribution in [2.24, 2.45) is 10.8 Å². The second-order valence-corrected chi connectivity index (χ2v) is 5.45. The van der Waals surface area contributed by atoms with Crippen molar-refractivity contribution in [2.75, 3.05) is 46.2 Å². The third-order valence-electron chi connectivity index (χ3n) is 3.48. The molecule has 1 saturated heterocycles. The molecular formula is C14H26N4O8. The quantitative estimate of drug-likeness (QED) is 0.122. The van der Waals surface area contributed by atoms with Crippen LogP contribution in [0.5, 0.6) is 0 Å². The molecule has 1 heterocycles. The van der Waals surface area contributed by atoms with Gasteiger partial charge in [0.2, 0.25) is 0 Å². The van der Waals surface area contributed by atoms with Crippen molar-refractivity contribution in [2.45, 2.75) is 37.6 Å². The summed E-state index contributed by atoms with van der Waals surface area (Å²) in [5, 5.41) is 23.2. The summed E-state index contributed by atoms with van der Waals surface area (Å²) in [6, 6.07) is -0.956. The predicted octanol–water partition coefficient (Wildman–Crippen LogP) is -1.32. The van der Waals surface area contributed by atoms with Crippen LogP contribution < -0.4 is 5.73 Å². The monoisotopic (exact) mass is 378 g/mol. The zero-order valence-electron chi connectivity index (χ0n) is 14.6. The van der Waals surface area contributed by atoms with E-state index in [-0.39, 0.29) is 26.4 Å². The lowest BCUT2D eigenvalue weighted by Crippen LogP contribution is -2.62. The molecule has 12 nitrogen and oxygen atoms in total. The minimum Gasteiger partial charge on any atom is -0.463 e. The molecule has 4 N–H and O–H groups in total. The number of nitrogens with two attached hydrogens (primary N) is 1. The highest BCUT2D eigenvalue weighted by atomic mass is 16.7. The Hall–Kier alpha value is -1.50. The van der Waals surface area contributed by atoms with Crippen molar-refractivity contribution >= 4 is 5.97 Å². The fraction of sp³-hybridized carbons (Fsp3) is 0.929. The fourth-order valence-corrected chi connectivity index (χ4v) is 2.14. The molecule has 0 aromatic carbocycles. The first-order chi connectivity index (χ1) is 12.5. The van der Waals surface area contributed by atoms with Crippen LogP contribution in [0.15, 0.2) is 5.11 Å². The predicted molar refractivity (Wildman–Crippen MR) is 86.9 cm³/mol. The Morgan fingerprint density at radius 1 is 1.19 bits per heavy atom. The van der Waals surface area contributed by atoms with Gasteiger partial charge < -0.3 is 39.6 Å². The Labute approximate surface area is 150 Å². The molecule has 5 unspecified atom stereocenters. The lowest BCUT2D eigenvalue weighted by Gasteiger charge is -2.40. The lowest BCUT2D eigenvalue weighted by atomic mass is 9.98. The molecule has 26 heavy (non-hydrogen) atoms. The third-order valence-corrected chi connectivity index (χ3v) is 3.48. The molecule has 0 aliphatic carbocycles. The number of hydrogen-bond acceptors (Lipinski definition) is 10. The lowest BCUT2D eigenvalue weighted by molar-refractivity contribution is -0.268. The average molecular weight is 378 g/mol. The highest BCUT2D eigenvalue weighted by Gasteiger charge is 2.43. The molecule has 1 aliphatic rings.